The molecule has 0 spiro atoms. The van der Waals surface area contributed by atoms with Crippen molar-refractivity contribution in [2.45, 2.75) is 23.9 Å². The molecule has 0 aliphatic carbocycles. The van der Waals surface area contributed by atoms with Gasteiger partial charge in [0.25, 0.3) is 5.60 Å². The number of aliphatic hydroxyl groups is 1. The fraction of sp³-hybridized carbons (Fsp3) is 0.333. The predicted octanol–water partition coefficient (Wildman–Crippen LogP) is 4.71. The van der Waals surface area contributed by atoms with Crippen molar-refractivity contribution in [3.8, 4) is 0 Å². The van der Waals surface area contributed by atoms with Gasteiger partial charge in [0.05, 0.1) is 28.8 Å². The van der Waals surface area contributed by atoms with Crippen LogP contribution in [0.3, 0.4) is 0 Å². The first-order valence-corrected chi connectivity index (χ1v) is 10.3. The molecular formula is C21H15Cl2F5N2O3. The minimum absolute atomic E-state index is 0.0611. The molecule has 33 heavy (non-hydrogen) atoms. The van der Waals surface area contributed by atoms with Crippen LogP contribution in [0.1, 0.15) is 23.1 Å². The topological polar surface area (TPSA) is 62.1 Å². The normalized spacial score (nSPS) is 21.9. The second-order valence-corrected chi connectivity index (χ2v) is 8.65. The molecule has 0 saturated carbocycles. The smallest absolute Gasteiger partial charge is 0.387 e. The lowest BCUT2D eigenvalue weighted by atomic mass is 9.84. The molecule has 4 rings (SSSR count). The molecule has 2 aliphatic rings. The highest BCUT2D eigenvalue weighted by molar-refractivity contribution is 6.35. The first-order valence-electron chi connectivity index (χ1n) is 9.55. The van der Waals surface area contributed by atoms with E-state index in [0.717, 1.165) is 17.0 Å². The van der Waals surface area contributed by atoms with Crippen LogP contribution in [0.15, 0.2) is 41.6 Å². The Bertz CT molecular complexity index is 1110. The Balaban J connectivity index is 1.58. The number of aliphatic hydroxyl groups excluding tert-OH is 1. The lowest BCUT2D eigenvalue weighted by molar-refractivity contribution is -0.275. The number of rotatable bonds is 4. The molecule has 2 aromatic carbocycles. The summed E-state index contributed by atoms with van der Waals surface area (Å²) in [4.78, 5) is 17.4. The van der Waals surface area contributed by atoms with Crippen LogP contribution >= 0.6 is 23.2 Å². The van der Waals surface area contributed by atoms with Crippen molar-refractivity contribution in [1.82, 2.24) is 4.90 Å². The Kier molecular flexibility index (Phi) is 5.83. The van der Waals surface area contributed by atoms with E-state index >= 15 is 0 Å². The van der Waals surface area contributed by atoms with Gasteiger partial charge < -0.3 is 14.8 Å². The third-order valence-electron chi connectivity index (χ3n) is 5.74. The Morgan fingerprint density at radius 2 is 1.70 bits per heavy atom. The lowest BCUT2D eigenvalue weighted by Gasteiger charge is -2.44. The Hall–Kier alpha value is -2.43. The molecule has 2 aromatic rings. The monoisotopic (exact) mass is 508 g/mol. The summed E-state index contributed by atoms with van der Waals surface area (Å²) in [5, 5.41) is 11.3. The van der Waals surface area contributed by atoms with Gasteiger partial charge in [0, 0.05) is 12.0 Å². The summed E-state index contributed by atoms with van der Waals surface area (Å²) >= 11 is 11.4. The molecule has 1 unspecified atom stereocenters. The highest BCUT2D eigenvalue weighted by Crippen LogP contribution is 2.50. The molecule has 1 fully saturated rings. The molecule has 176 valence electrons. The average Bonchev–Trinajstić information content (AvgIpc) is 3.21. The number of likely N-dealkylation sites (tertiary alicyclic amines) is 1. The number of carbonyl (C=O) groups excluding carboxylic acids is 1. The van der Waals surface area contributed by atoms with E-state index in [2.05, 4.69) is 5.16 Å². The van der Waals surface area contributed by atoms with Gasteiger partial charge in [0.2, 0.25) is 5.91 Å². The van der Waals surface area contributed by atoms with Crippen LogP contribution in [0.2, 0.25) is 10.0 Å². The third kappa shape index (κ3) is 3.94. The number of nitrogens with zero attached hydrogens (tertiary/aromatic N) is 2. The van der Waals surface area contributed by atoms with E-state index in [1.807, 2.05) is 0 Å². The molecule has 5 nitrogen and oxygen atoms in total. The van der Waals surface area contributed by atoms with Gasteiger partial charge in [-0.2, -0.15) is 13.2 Å². The number of alkyl halides is 4. The fourth-order valence-electron chi connectivity index (χ4n) is 3.83. The average molecular weight is 509 g/mol. The van der Waals surface area contributed by atoms with Gasteiger partial charge in [-0.3, -0.25) is 4.79 Å². The summed E-state index contributed by atoms with van der Waals surface area (Å²) in [5.41, 5.74) is -4.83. The second-order valence-electron chi connectivity index (χ2n) is 7.84. The first kappa shape index (κ1) is 23.7. The van der Waals surface area contributed by atoms with E-state index in [4.69, 9.17) is 33.1 Å². The highest BCUT2D eigenvalue weighted by Gasteiger charge is 2.62. The van der Waals surface area contributed by atoms with Crippen molar-refractivity contribution in [3.63, 3.8) is 0 Å². The van der Waals surface area contributed by atoms with Crippen LogP contribution in [0.25, 0.3) is 0 Å². The number of hydrogen-bond donors (Lipinski definition) is 1. The van der Waals surface area contributed by atoms with E-state index in [9.17, 15) is 26.7 Å². The van der Waals surface area contributed by atoms with Crippen molar-refractivity contribution in [3.05, 3.63) is 69.0 Å². The summed E-state index contributed by atoms with van der Waals surface area (Å²) < 4.78 is 71.0. The van der Waals surface area contributed by atoms with E-state index in [1.54, 1.807) is 0 Å². The summed E-state index contributed by atoms with van der Waals surface area (Å²) in [7, 11) is 0. The van der Waals surface area contributed by atoms with Crippen molar-refractivity contribution >= 4 is 34.8 Å². The van der Waals surface area contributed by atoms with Gasteiger partial charge >= 0.3 is 6.18 Å². The van der Waals surface area contributed by atoms with E-state index in [-0.39, 0.29) is 29.9 Å². The number of hydrogen-bond acceptors (Lipinski definition) is 4. The zero-order valence-corrected chi connectivity index (χ0v) is 18.1. The summed E-state index contributed by atoms with van der Waals surface area (Å²) in [6.45, 7) is -1.20. The molecule has 0 radical (unpaired) electrons. The molecular weight excluding hydrogens is 494 g/mol. The molecule has 0 bridgehead atoms. The van der Waals surface area contributed by atoms with Gasteiger partial charge in [0.15, 0.2) is 11.5 Å². The van der Waals surface area contributed by atoms with Crippen LogP contribution in [0, 0.1) is 5.82 Å². The standard InChI is InChI=1S/C21H15Cl2F5N2O3/c22-14-5-13(6-15(23)18(14)24)20(21(26,27)28)7-16(29-33-20)11-1-3-12(4-2-11)19(25)9-30(10-19)17(32)8-31/h1-6,31H,7-10H2. The van der Waals surface area contributed by atoms with Crippen molar-refractivity contribution in [2.24, 2.45) is 5.16 Å². The molecule has 1 N–H and O–H groups in total. The molecule has 2 heterocycles. The molecule has 1 amide bonds. The Morgan fingerprint density at radius 3 is 2.21 bits per heavy atom. The minimum atomic E-state index is -4.94. The molecule has 0 aromatic heterocycles. The van der Waals surface area contributed by atoms with Crippen molar-refractivity contribution in [1.29, 1.82) is 0 Å². The maximum atomic E-state index is 15.0. The largest absolute Gasteiger partial charge is 0.435 e. The van der Waals surface area contributed by atoms with E-state index in [0.29, 0.717) is 0 Å². The van der Waals surface area contributed by atoms with Crippen molar-refractivity contribution < 1.29 is 36.7 Å². The summed E-state index contributed by atoms with van der Waals surface area (Å²) in [5.74, 6) is -1.65. The molecule has 1 saturated heterocycles. The Morgan fingerprint density at radius 1 is 1.12 bits per heavy atom. The van der Waals surface area contributed by atoms with Gasteiger partial charge in [0.1, 0.15) is 6.61 Å². The Labute approximate surface area is 194 Å². The van der Waals surface area contributed by atoms with Crippen LogP contribution in [-0.2, 0) is 20.9 Å². The van der Waals surface area contributed by atoms with Gasteiger partial charge in [-0.25, -0.2) is 8.78 Å². The van der Waals surface area contributed by atoms with E-state index in [1.165, 1.54) is 24.3 Å². The number of carbonyl (C=O) groups is 1. The SMILES string of the molecule is O=C(CO)N1CC(F)(c2ccc(C3=NOC(c4cc(Cl)c(F)c(Cl)c4)(C(F)(F)F)C3)cc2)C1. The number of halogens is 7. The summed E-state index contributed by atoms with van der Waals surface area (Å²) in [6, 6.07) is 7.15. The van der Waals surface area contributed by atoms with Gasteiger partial charge in [-0.05, 0) is 23.3 Å². The quantitative estimate of drug-likeness (QED) is 0.480. The van der Waals surface area contributed by atoms with Gasteiger partial charge in [-0.1, -0.05) is 52.6 Å². The number of amides is 1. The number of benzene rings is 2. The maximum Gasteiger partial charge on any atom is 0.435 e. The lowest BCUT2D eigenvalue weighted by Crippen LogP contribution is -2.59. The minimum Gasteiger partial charge on any atom is -0.387 e. The van der Waals surface area contributed by atoms with Crippen LogP contribution in [-0.4, -0.2) is 47.5 Å². The second kappa shape index (κ2) is 8.11. The molecule has 1 atom stereocenters. The zero-order chi connectivity index (χ0) is 24.2. The van der Waals surface area contributed by atoms with Gasteiger partial charge in [-0.15, -0.1) is 0 Å². The summed E-state index contributed by atoms with van der Waals surface area (Å²) in [6.07, 6.45) is -5.69. The fourth-order valence-corrected chi connectivity index (χ4v) is 4.31. The number of oxime groups is 1. The molecule has 12 heteroatoms. The first-order chi connectivity index (χ1) is 15.4. The van der Waals surface area contributed by atoms with Crippen LogP contribution in [0.5, 0.6) is 0 Å². The van der Waals surface area contributed by atoms with Crippen molar-refractivity contribution in [2.75, 3.05) is 19.7 Å². The maximum absolute atomic E-state index is 15.0. The van der Waals surface area contributed by atoms with E-state index < -0.39 is 57.8 Å². The van der Waals surface area contributed by atoms with Crippen LogP contribution < -0.4 is 0 Å². The zero-order valence-electron chi connectivity index (χ0n) is 16.6. The molecule has 2 aliphatic heterocycles. The van der Waals surface area contributed by atoms with Crippen LogP contribution in [0.4, 0.5) is 22.0 Å². The third-order valence-corrected chi connectivity index (χ3v) is 6.29. The highest BCUT2D eigenvalue weighted by atomic mass is 35.5. The predicted molar refractivity (Wildman–Crippen MR) is 109 cm³/mol.